The van der Waals surface area contributed by atoms with Crippen LogP contribution in [-0.2, 0) is 23.7 Å². The lowest BCUT2D eigenvalue weighted by Gasteiger charge is -2.46. The second-order valence-corrected chi connectivity index (χ2v) is 23.2. The molecular weight excluding hydrogens is 1060 g/mol. The number of unbranched alkanes of at least 4 members (excludes halogenated alkanes) is 26. The van der Waals surface area contributed by atoms with Crippen LogP contribution in [-0.4, -0.2) is 140 Å². The SMILES string of the molecule is CC/C=C\C/C=C\C/C=C\C/C=C\C/C=C\CCCCCCCCCCCCCCCCCCCCCCCC(=O)NC(COC1OC(CO)C(OC2OC(CO)C(O)C(O)C2O)C(O)C1O)C(O)/C=C/CC/C=C/CC/C=C/CCCCC. The largest absolute Gasteiger partial charge is 0.394 e. The van der Waals surface area contributed by atoms with E-state index in [9.17, 15) is 45.6 Å². The van der Waals surface area contributed by atoms with Crippen molar-refractivity contribution in [2.75, 3.05) is 19.8 Å². The highest BCUT2D eigenvalue weighted by Crippen LogP contribution is 2.30. The van der Waals surface area contributed by atoms with E-state index in [0.29, 0.717) is 12.8 Å². The molecule has 0 aliphatic carbocycles. The van der Waals surface area contributed by atoms with Gasteiger partial charge in [0.15, 0.2) is 12.6 Å². The predicted octanol–water partition coefficient (Wildman–Crippen LogP) is 13.0. The Morgan fingerprint density at radius 2 is 0.833 bits per heavy atom. The number of carbonyl (C=O) groups is 1. The van der Waals surface area contributed by atoms with Crippen molar-refractivity contribution >= 4 is 5.91 Å². The van der Waals surface area contributed by atoms with Gasteiger partial charge in [0.05, 0.1) is 32.0 Å². The van der Waals surface area contributed by atoms with Crippen LogP contribution >= 0.6 is 0 Å². The molecule has 0 spiro atoms. The third kappa shape index (κ3) is 38.2. The van der Waals surface area contributed by atoms with Crippen LogP contribution in [0.5, 0.6) is 0 Å². The maximum Gasteiger partial charge on any atom is 0.220 e. The van der Waals surface area contributed by atoms with Gasteiger partial charge in [0.25, 0.3) is 0 Å². The van der Waals surface area contributed by atoms with Crippen LogP contribution in [0.15, 0.2) is 97.2 Å². The third-order valence-electron chi connectivity index (χ3n) is 15.7. The summed E-state index contributed by atoms with van der Waals surface area (Å²) in [6.45, 7) is 2.62. The van der Waals surface area contributed by atoms with E-state index in [1.165, 1.54) is 135 Å². The van der Waals surface area contributed by atoms with Gasteiger partial charge < -0.3 is 65.1 Å². The summed E-state index contributed by atoms with van der Waals surface area (Å²) >= 11 is 0. The van der Waals surface area contributed by atoms with E-state index in [-0.39, 0.29) is 18.9 Å². The molecule has 12 unspecified atom stereocenters. The van der Waals surface area contributed by atoms with Crippen molar-refractivity contribution in [2.45, 2.75) is 319 Å². The number of nitrogens with one attached hydrogen (secondary N) is 1. The molecule has 84 heavy (non-hydrogen) atoms. The molecule has 2 aliphatic heterocycles. The van der Waals surface area contributed by atoms with Crippen LogP contribution in [0, 0.1) is 0 Å². The number of carbonyl (C=O) groups excluding carboxylic acids is 1. The fourth-order valence-electron chi connectivity index (χ4n) is 10.4. The third-order valence-corrected chi connectivity index (χ3v) is 15.7. The smallest absolute Gasteiger partial charge is 0.220 e. The maximum atomic E-state index is 13.3. The minimum absolute atomic E-state index is 0.254. The lowest BCUT2D eigenvalue weighted by molar-refractivity contribution is -0.359. The molecule has 2 fully saturated rings. The summed E-state index contributed by atoms with van der Waals surface area (Å²) in [6.07, 6.45) is 59.1. The monoisotopic (exact) mass is 1180 g/mol. The molecule has 0 radical (unpaired) electrons. The molecular formula is C70H121NO13. The molecule has 2 aliphatic rings. The lowest BCUT2D eigenvalue weighted by Crippen LogP contribution is -2.65. The molecule has 0 bridgehead atoms. The number of aliphatic hydroxyl groups is 8. The molecule has 2 saturated heterocycles. The standard InChI is InChI=1S/C70H121NO13/c1-3-5-7-9-11-13-15-17-18-19-20-21-22-23-24-25-26-27-28-29-30-31-32-33-34-35-36-37-38-39-40-42-44-46-48-50-52-54-62(75)71-58(59(74)53-51-49-47-45-43-41-16-14-12-10-8-6-4-2)57-81-69-67(80)65(78)68(61(56-73)83-69)84-70-66(79)64(77)63(76)60(55-72)82-70/h5,7,11-14,17-18,20-21,23-24,43,45,51,53,58-61,63-70,72-74,76-80H,3-4,6,8-10,15-16,19,22,25-42,44,46-50,52,54-57H2,1-2H3,(H,71,75)/b7-5-,13-11-,14-12+,18-17-,21-20-,24-23-,45-43+,53-51+. The van der Waals surface area contributed by atoms with Crippen LogP contribution in [0.4, 0.5) is 0 Å². The van der Waals surface area contributed by atoms with Gasteiger partial charge in [-0.05, 0) is 89.9 Å². The number of hydrogen-bond donors (Lipinski definition) is 9. The van der Waals surface area contributed by atoms with Crippen molar-refractivity contribution in [3.05, 3.63) is 97.2 Å². The average Bonchev–Trinajstić information content (AvgIpc) is 2.58. The summed E-state index contributed by atoms with van der Waals surface area (Å²) in [5.41, 5.74) is 0. The molecule has 14 nitrogen and oxygen atoms in total. The summed E-state index contributed by atoms with van der Waals surface area (Å²) in [5, 5.41) is 87.1. The summed E-state index contributed by atoms with van der Waals surface area (Å²) in [5.74, 6) is -0.254. The van der Waals surface area contributed by atoms with E-state index in [4.69, 9.17) is 18.9 Å². The molecule has 2 rings (SSSR count). The van der Waals surface area contributed by atoms with Crippen LogP contribution in [0.3, 0.4) is 0 Å². The van der Waals surface area contributed by atoms with E-state index >= 15 is 0 Å². The Balaban J connectivity index is 1.59. The Labute approximate surface area is 509 Å². The maximum absolute atomic E-state index is 13.3. The topological polar surface area (TPSA) is 228 Å². The van der Waals surface area contributed by atoms with Crippen LogP contribution < -0.4 is 5.32 Å². The first-order valence-electron chi connectivity index (χ1n) is 33.5. The minimum Gasteiger partial charge on any atom is -0.394 e. The van der Waals surface area contributed by atoms with Crippen molar-refractivity contribution in [2.24, 2.45) is 0 Å². The Kier molecular flexibility index (Phi) is 49.6. The Morgan fingerprint density at radius 1 is 0.440 bits per heavy atom. The van der Waals surface area contributed by atoms with Gasteiger partial charge in [0.2, 0.25) is 5.91 Å². The molecule has 484 valence electrons. The van der Waals surface area contributed by atoms with Gasteiger partial charge in [0.1, 0.15) is 48.8 Å². The van der Waals surface area contributed by atoms with Gasteiger partial charge in [0, 0.05) is 6.42 Å². The van der Waals surface area contributed by atoms with E-state index in [1.807, 2.05) is 6.08 Å². The van der Waals surface area contributed by atoms with Crippen molar-refractivity contribution in [3.63, 3.8) is 0 Å². The molecule has 12 atom stereocenters. The minimum atomic E-state index is -1.79. The Morgan fingerprint density at radius 3 is 1.31 bits per heavy atom. The highest BCUT2D eigenvalue weighted by atomic mass is 16.7. The molecule has 0 aromatic carbocycles. The molecule has 1 amide bonds. The van der Waals surface area contributed by atoms with E-state index < -0.39 is 86.8 Å². The van der Waals surface area contributed by atoms with E-state index in [0.717, 1.165) is 77.0 Å². The zero-order valence-corrected chi connectivity index (χ0v) is 52.4. The summed E-state index contributed by atoms with van der Waals surface area (Å²) in [4.78, 5) is 13.3. The van der Waals surface area contributed by atoms with Crippen LogP contribution in [0.25, 0.3) is 0 Å². The summed E-state index contributed by atoms with van der Waals surface area (Å²) < 4.78 is 22.8. The van der Waals surface area contributed by atoms with Gasteiger partial charge in [-0.2, -0.15) is 0 Å². The lowest BCUT2D eigenvalue weighted by atomic mass is 9.97. The first kappa shape index (κ1) is 77.0. The van der Waals surface area contributed by atoms with Crippen LogP contribution in [0.1, 0.15) is 245 Å². The van der Waals surface area contributed by atoms with Crippen molar-refractivity contribution < 1.29 is 64.6 Å². The Bertz CT molecular complexity index is 1780. The van der Waals surface area contributed by atoms with Gasteiger partial charge in [-0.25, -0.2) is 0 Å². The predicted molar refractivity (Wildman–Crippen MR) is 341 cm³/mol. The fourth-order valence-corrected chi connectivity index (χ4v) is 10.4. The van der Waals surface area contributed by atoms with E-state index in [1.54, 1.807) is 6.08 Å². The molecule has 14 heteroatoms. The summed E-state index contributed by atoms with van der Waals surface area (Å²) in [7, 11) is 0. The number of amides is 1. The van der Waals surface area contributed by atoms with Gasteiger partial charge in [-0.15, -0.1) is 0 Å². The van der Waals surface area contributed by atoms with Gasteiger partial charge >= 0.3 is 0 Å². The van der Waals surface area contributed by atoms with Gasteiger partial charge in [-0.1, -0.05) is 246 Å². The number of ether oxygens (including phenoxy) is 4. The molecule has 0 aromatic heterocycles. The zero-order chi connectivity index (χ0) is 60.9. The number of allylic oxidation sites excluding steroid dienone is 15. The fraction of sp³-hybridized carbons (Fsp3) is 0.757. The molecule has 0 saturated carbocycles. The Hall–Kier alpha value is -3.09. The molecule has 9 N–H and O–H groups in total. The first-order chi connectivity index (χ1) is 41.1. The number of hydrogen-bond acceptors (Lipinski definition) is 13. The van der Waals surface area contributed by atoms with Crippen molar-refractivity contribution in [1.82, 2.24) is 5.32 Å². The number of aliphatic hydroxyl groups excluding tert-OH is 8. The van der Waals surface area contributed by atoms with Crippen LogP contribution in [0.2, 0.25) is 0 Å². The zero-order valence-electron chi connectivity index (χ0n) is 52.4. The highest BCUT2D eigenvalue weighted by molar-refractivity contribution is 5.76. The van der Waals surface area contributed by atoms with E-state index in [2.05, 4.69) is 104 Å². The quantitative estimate of drug-likeness (QED) is 0.0204. The van der Waals surface area contributed by atoms with Crippen molar-refractivity contribution in [1.29, 1.82) is 0 Å². The second kappa shape index (κ2) is 54.1. The first-order valence-corrected chi connectivity index (χ1v) is 33.5. The number of rotatable bonds is 53. The molecule has 0 aromatic rings. The molecule has 2 heterocycles. The highest BCUT2D eigenvalue weighted by Gasteiger charge is 2.51. The van der Waals surface area contributed by atoms with Crippen molar-refractivity contribution in [3.8, 4) is 0 Å². The summed E-state index contributed by atoms with van der Waals surface area (Å²) in [6, 6.07) is -0.940. The second-order valence-electron chi connectivity index (χ2n) is 23.2. The van der Waals surface area contributed by atoms with Gasteiger partial charge in [-0.3, -0.25) is 4.79 Å². The average molecular weight is 1180 g/mol. The normalized spacial score (nSPS) is 24.3.